The second kappa shape index (κ2) is 5.65. The lowest BCUT2D eigenvalue weighted by atomic mass is 10.0. The van der Waals surface area contributed by atoms with Gasteiger partial charge in [0.1, 0.15) is 0 Å². The van der Waals surface area contributed by atoms with Gasteiger partial charge in [-0.15, -0.1) is 0 Å². The molecule has 0 bridgehead atoms. The van der Waals surface area contributed by atoms with E-state index < -0.39 is 0 Å². The minimum absolute atomic E-state index is 0.0357. The molecular formula is C20H20N2O. The summed E-state index contributed by atoms with van der Waals surface area (Å²) in [6.45, 7) is 2.71. The molecule has 1 aliphatic heterocycles. The summed E-state index contributed by atoms with van der Waals surface area (Å²) in [7, 11) is 0. The molecule has 1 atom stereocenters. The lowest BCUT2D eigenvalue weighted by Crippen LogP contribution is -2.36. The summed E-state index contributed by atoms with van der Waals surface area (Å²) >= 11 is 0. The Bertz CT molecular complexity index is 794. The molecule has 1 heterocycles. The summed E-state index contributed by atoms with van der Waals surface area (Å²) in [5.41, 5.74) is 5.33. The minimum Gasteiger partial charge on any atom is -0.305 e. The van der Waals surface area contributed by atoms with E-state index in [1.165, 1.54) is 11.1 Å². The highest BCUT2D eigenvalue weighted by atomic mass is 16.2. The van der Waals surface area contributed by atoms with E-state index >= 15 is 0 Å². The maximum Gasteiger partial charge on any atom is 0.236 e. The van der Waals surface area contributed by atoms with Crippen LogP contribution in [0.3, 0.4) is 0 Å². The van der Waals surface area contributed by atoms with Gasteiger partial charge in [0.2, 0.25) is 5.91 Å². The van der Waals surface area contributed by atoms with Gasteiger partial charge in [-0.3, -0.25) is 9.79 Å². The van der Waals surface area contributed by atoms with Gasteiger partial charge in [0, 0.05) is 5.71 Å². The monoisotopic (exact) mass is 304 g/mol. The Labute approximate surface area is 136 Å². The SMILES string of the molecule is Cc1ccccc1CN1C(=O)[C@@H]2CCCC2=Nc2ccccc21. The number of benzene rings is 2. The summed E-state index contributed by atoms with van der Waals surface area (Å²) in [4.78, 5) is 19.9. The van der Waals surface area contributed by atoms with E-state index in [1.54, 1.807) is 0 Å². The molecule has 4 rings (SSSR count). The van der Waals surface area contributed by atoms with Crippen molar-refractivity contribution in [3.05, 3.63) is 59.7 Å². The first-order chi connectivity index (χ1) is 11.2. The van der Waals surface area contributed by atoms with Crippen LogP contribution in [0, 0.1) is 12.8 Å². The van der Waals surface area contributed by atoms with Gasteiger partial charge in [-0.05, 0) is 49.4 Å². The highest BCUT2D eigenvalue weighted by Gasteiger charge is 2.36. The van der Waals surface area contributed by atoms with Crippen LogP contribution >= 0.6 is 0 Å². The first-order valence-corrected chi connectivity index (χ1v) is 8.26. The summed E-state index contributed by atoms with van der Waals surface area (Å²) in [6, 6.07) is 16.3. The number of hydrogen-bond acceptors (Lipinski definition) is 2. The van der Waals surface area contributed by atoms with Crippen molar-refractivity contribution in [3.8, 4) is 0 Å². The molecule has 0 radical (unpaired) electrons. The predicted molar refractivity (Wildman–Crippen MR) is 93.2 cm³/mol. The standard InChI is InChI=1S/C20H20N2O/c1-14-7-2-3-8-15(14)13-22-19-12-5-4-10-18(19)21-17-11-6-9-16(17)20(22)23/h2-5,7-8,10,12,16H,6,9,11,13H2,1H3/t16-/m1/s1. The van der Waals surface area contributed by atoms with Gasteiger partial charge in [0.15, 0.2) is 0 Å². The normalized spacial score (nSPS) is 19.9. The third-order valence-electron chi connectivity index (χ3n) is 4.92. The van der Waals surface area contributed by atoms with E-state index in [9.17, 15) is 4.79 Å². The van der Waals surface area contributed by atoms with Gasteiger partial charge >= 0.3 is 0 Å². The molecule has 3 heteroatoms. The Morgan fingerprint density at radius 3 is 2.78 bits per heavy atom. The Morgan fingerprint density at radius 1 is 1.13 bits per heavy atom. The third kappa shape index (κ3) is 2.46. The maximum atomic E-state index is 13.2. The number of para-hydroxylation sites is 2. The number of aliphatic imine (C=N–C) groups is 1. The van der Waals surface area contributed by atoms with Gasteiger partial charge < -0.3 is 4.90 Å². The molecule has 2 aromatic rings. The number of amides is 1. The summed E-state index contributed by atoms with van der Waals surface area (Å²) in [6.07, 6.45) is 2.94. The fourth-order valence-electron chi connectivity index (χ4n) is 3.60. The number of fused-ring (bicyclic) bond motifs is 2. The Balaban J connectivity index is 1.79. The number of hydrogen-bond donors (Lipinski definition) is 0. The van der Waals surface area contributed by atoms with Crippen LogP contribution in [0.5, 0.6) is 0 Å². The molecule has 2 aliphatic rings. The van der Waals surface area contributed by atoms with Crippen LogP contribution in [-0.4, -0.2) is 11.6 Å². The Morgan fingerprint density at radius 2 is 1.91 bits per heavy atom. The number of carbonyl (C=O) groups is 1. The smallest absolute Gasteiger partial charge is 0.236 e. The molecule has 1 aliphatic carbocycles. The number of nitrogens with zero attached hydrogens (tertiary/aromatic N) is 2. The van der Waals surface area contributed by atoms with E-state index in [1.807, 2.05) is 41.3 Å². The van der Waals surface area contributed by atoms with Crippen molar-refractivity contribution in [2.45, 2.75) is 32.7 Å². The van der Waals surface area contributed by atoms with Crippen LogP contribution in [0.25, 0.3) is 0 Å². The number of aryl methyl sites for hydroxylation is 1. The molecule has 0 saturated heterocycles. The van der Waals surface area contributed by atoms with Crippen molar-refractivity contribution in [1.82, 2.24) is 0 Å². The van der Waals surface area contributed by atoms with E-state index in [2.05, 4.69) is 19.1 Å². The lowest BCUT2D eigenvalue weighted by Gasteiger charge is -2.25. The highest BCUT2D eigenvalue weighted by molar-refractivity contribution is 6.14. The Hall–Kier alpha value is -2.42. The van der Waals surface area contributed by atoms with Crippen LogP contribution in [0.2, 0.25) is 0 Å². The molecule has 116 valence electrons. The van der Waals surface area contributed by atoms with Crippen molar-refractivity contribution < 1.29 is 4.79 Å². The molecular weight excluding hydrogens is 284 g/mol. The summed E-state index contributed by atoms with van der Waals surface area (Å²) in [5.74, 6) is 0.167. The summed E-state index contributed by atoms with van der Waals surface area (Å²) < 4.78 is 0. The Kier molecular flexibility index (Phi) is 3.49. The minimum atomic E-state index is -0.0357. The fraction of sp³-hybridized carbons (Fsp3) is 0.300. The van der Waals surface area contributed by atoms with Crippen molar-refractivity contribution >= 4 is 23.0 Å². The predicted octanol–water partition coefficient (Wildman–Crippen LogP) is 4.41. The molecule has 23 heavy (non-hydrogen) atoms. The first-order valence-electron chi connectivity index (χ1n) is 8.26. The van der Waals surface area contributed by atoms with Crippen LogP contribution in [0.15, 0.2) is 53.5 Å². The van der Waals surface area contributed by atoms with Gasteiger partial charge in [0.05, 0.1) is 23.8 Å². The molecule has 0 spiro atoms. The molecule has 1 saturated carbocycles. The summed E-state index contributed by atoms with van der Waals surface area (Å²) in [5, 5.41) is 0. The molecule has 1 fully saturated rings. The third-order valence-corrected chi connectivity index (χ3v) is 4.92. The quantitative estimate of drug-likeness (QED) is 0.808. The van der Waals surface area contributed by atoms with Crippen molar-refractivity contribution in [2.75, 3.05) is 4.90 Å². The number of rotatable bonds is 2. The fourth-order valence-corrected chi connectivity index (χ4v) is 3.60. The largest absolute Gasteiger partial charge is 0.305 e. The maximum absolute atomic E-state index is 13.2. The van der Waals surface area contributed by atoms with Crippen LogP contribution in [0.4, 0.5) is 11.4 Å². The van der Waals surface area contributed by atoms with Crippen LogP contribution < -0.4 is 4.90 Å². The number of anilines is 1. The van der Waals surface area contributed by atoms with Crippen LogP contribution in [0.1, 0.15) is 30.4 Å². The lowest BCUT2D eigenvalue weighted by molar-refractivity contribution is -0.120. The van der Waals surface area contributed by atoms with Crippen LogP contribution in [-0.2, 0) is 11.3 Å². The average Bonchev–Trinajstić information content (AvgIpc) is 2.99. The molecule has 0 unspecified atom stereocenters. The molecule has 0 N–H and O–H groups in total. The zero-order valence-electron chi connectivity index (χ0n) is 13.3. The van der Waals surface area contributed by atoms with E-state index in [0.717, 1.165) is 36.3 Å². The first kappa shape index (κ1) is 14.2. The second-order valence-electron chi connectivity index (χ2n) is 6.39. The second-order valence-corrected chi connectivity index (χ2v) is 6.39. The van der Waals surface area contributed by atoms with E-state index in [0.29, 0.717) is 6.54 Å². The van der Waals surface area contributed by atoms with Gasteiger partial charge in [-0.25, -0.2) is 0 Å². The highest BCUT2D eigenvalue weighted by Crippen LogP contribution is 2.38. The molecule has 3 nitrogen and oxygen atoms in total. The molecule has 1 amide bonds. The van der Waals surface area contributed by atoms with Gasteiger partial charge in [-0.1, -0.05) is 36.4 Å². The van der Waals surface area contributed by atoms with Gasteiger partial charge in [0.25, 0.3) is 0 Å². The zero-order chi connectivity index (χ0) is 15.8. The van der Waals surface area contributed by atoms with Gasteiger partial charge in [-0.2, -0.15) is 0 Å². The molecule has 0 aromatic heterocycles. The average molecular weight is 304 g/mol. The van der Waals surface area contributed by atoms with Crippen molar-refractivity contribution in [2.24, 2.45) is 10.9 Å². The van der Waals surface area contributed by atoms with E-state index in [4.69, 9.17) is 4.99 Å². The molecule has 2 aromatic carbocycles. The van der Waals surface area contributed by atoms with Crippen molar-refractivity contribution in [3.63, 3.8) is 0 Å². The zero-order valence-corrected chi connectivity index (χ0v) is 13.3. The van der Waals surface area contributed by atoms with E-state index in [-0.39, 0.29) is 11.8 Å². The topological polar surface area (TPSA) is 32.7 Å². The van der Waals surface area contributed by atoms with Crippen molar-refractivity contribution in [1.29, 1.82) is 0 Å². The number of carbonyl (C=O) groups excluding carboxylic acids is 1.